The van der Waals surface area contributed by atoms with Gasteiger partial charge >= 0.3 is 0 Å². The van der Waals surface area contributed by atoms with Gasteiger partial charge in [0.25, 0.3) is 0 Å². The van der Waals surface area contributed by atoms with Crippen LogP contribution in [-0.2, 0) is 0 Å². The molecule has 0 aliphatic heterocycles. The molecule has 4 atom stereocenters. The third kappa shape index (κ3) is 6.68. The van der Waals surface area contributed by atoms with Gasteiger partial charge in [0.15, 0.2) is 0 Å². The molecular weight excluding hydrogens is 297 g/mol. The first-order valence-corrected chi connectivity index (χ1v) is 7.44. The lowest BCUT2D eigenvalue weighted by molar-refractivity contribution is 0.603. The number of unbranched alkanes of at least 4 members (excludes halogenated alkanes) is 2. The summed E-state index contributed by atoms with van der Waals surface area (Å²) in [6.07, 6.45) is 4.28. The van der Waals surface area contributed by atoms with Crippen molar-refractivity contribution in [3.63, 3.8) is 0 Å². The van der Waals surface area contributed by atoms with Gasteiger partial charge in [-0.2, -0.15) is 0 Å². The second kappa shape index (κ2) is 9.48. The van der Waals surface area contributed by atoms with E-state index in [1.807, 2.05) is 0 Å². The molecule has 0 aliphatic rings. The van der Waals surface area contributed by atoms with Crippen LogP contribution in [0.4, 0.5) is 0 Å². The number of halogens is 5. The van der Waals surface area contributed by atoms with Gasteiger partial charge in [-0.25, -0.2) is 0 Å². The summed E-state index contributed by atoms with van der Waals surface area (Å²) in [5.74, 6) is 0.289. The lowest BCUT2D eigenvalue weighted by atomic mass is 10.1. The average Bonchev–Trinajstić information content (AvgIpc) is 2.26. The number of rotatable bonds is 8. The summed E-state index contributed by atoms with van der Waals surface area (Å²) in [5.41, 5.74) is 0. The van der Waals surface area contributed by atoms with Gasteiger partial charge in [-0.15, -0.1) is 58.0 Å². The summed E-state index contributed by atoms with van der Waals surface area (Å²) in [7, 11) is 0. The van der Waals surface area contributed by atoms with Crippen LogP contribution < -0.4 is 0 Å². The van der Waals surface area contributed by atoms with E-state index in [0.717, 1.165) is 12.8 Å². The second-order valence-corrected chi connectivity index (χ2v) is 6.01. The lowest BCUT2D eigenvalue weighted by Gasteiger charge is -2.23. The molecule has 4 unspecified atom stereocenters. The summed E-state index contributed by atoms with van der Waals surface area (Å²) < 4.78 is 0. The van der Waals surface area contributed by atoms with Crippen molar-refractivity contribution < 1.29 is 0 Å². The molecule has 0 saturated carbocycles. The highest BCUT2D eigenvalue weighted by Crippen LogP contribution is 2.27. The third-order valence-corrected chi connectivity index (χ3v) is 5.17. The van der Waals surface area contributed by atoms with E-state index in [2.05, 4.69) is 6.92 Å². The molecule has 92 valence electrons. The predicted octanol–water partition coefficient (Wildman–Crippen LogP) is 5.24. The van der Waals surface area contributed by atoms with Gasteiger partial charge in [0.1, 0.15) is 0 Å². The van der Waals surface area contributed by atoms with Crippen molar-refractivity contribution in [1.82, 2.24) is 0 Å². The van der Waals surface area contributed by atoms with Crippen LogP contribution in [0.15, 0.2) is 0 Å². The first kappa shape index (κ1) is 16.4. The molecule has 0 spiro atoms. The molecule has 0 aliphatic carbocycles. The minimum absolute atomic E-state index is 0.134. The summed E-state index contributed by atoms with van der Waals surface area (Å²) >= 11 is 29.8. The van der Waals surface area contributed by atoms with Gasteiger partial charge in [0, 0.05) is 5.88 Å². The van der Waals surface area contributed by atoms with E-state index in [0.29, 0.717) is 0 Å². The van der Waals surface area contributed by atoms with E-state index in [4.69, 9.17) is 58.0 Å². The molecule has 0 aromatic rings. The molecular formula is C10H17Cl5. The van der Waals surface area contributed by atoms with Crippen molar-refractivity contribution in [2.24, 2.45) is 0 Å². The van der Waals surface area contributed by atoms with Crippen LogP contribution in [0.1, 0.15) is 32.6 Å². The zero-order valence-electron chi connectivity index (χ0n) is 8.73. The van der Waals surface area contributed by atoms with E-state index >= 15 is 0 Å². The molecule has 0 aromatic carbocycles. The Morgan fingerprint density at radius 2 is 1.40 bits per heavy atom. The molecule has 0 bridgehead atoms. The van der Waals surface area contributed by atoms with Crippen molar-refractivity contribution in [3.8, 4) is 0 Å². The Kier molecular flexibility index (Phi) is 10.4. The quantitative estimate of drug-likeness (QED) is 0.425. The smallest absolute Gasteiger partial charge is 0.0689 e. The van der Waals surface area contributed by atoms with Crippen LogP contribution in [0.3, 0.4) is 0 Å². The summed E-state index contributed by atoms with van der Waals surface area (Å²) in [4.78, 5) is 0. The molecule has 0 N–H and O–H groups in total. The normalized spacial score (nSPS) is 19.6. The first-order valence-electron chi connectivity index (χ1n) is 5.16. The molecule has 0 nitrogen and oxygen atoms in total. The minimum atomic E-state index is -0.380. The fraction of sp³-hybridized carbons (Fsp3) is 1.00. The summed E-state index contributed by atoms with van der Waals surface area (Å²) in [5, 5.41) is -1.17. The maximum Gasteiger partial charge on any atom is 0.0689 e. The van der Waals surface area contributed by atoms with Crippen LogP contribution in [0.25, 0.3) is 0 Å². The van der Waals surface area contributed by atoms with Crippen molar-refractivity contribution in [2.45, 2.75) is 54.1 Å². The van der Waals surface area contributed by atoms with Gasteiger partial charge in [-0.3, -0.25) is 0 Å². The van der Waals surface area contributed by atoms with Crippen molar-refractivity contribution in [3.05, 3.63) is 0 Å². The first-order chi connectivity index (χ1) is 7.04. The molecule has 0 fully saturated rings. The van der Waals surface area contributed by atoms with E-state index in [1.54, 1.807) is 0 Å². The maximum absolute atomic E-state index is 6.14. The molecule has 0 aromatic heterocycles. The molecule has 0 radical (unpaired) electrons. The molecule has 15 heavy (non-hydrogen) atoms. The number of hydrogen-bond donors (Lipinski definition) is 0. The van der Waals surface area contributed by atoms with Gasteiger partial charge in [-0.05, 0) is 6.42 Å². The molecule has 0 heterocycles. The van der Waals surface area contributed by atoms with Gasteiger partial charge in [0.05, 0.1) is 21.5 Å². The van der Waals surface area contributed by atoms with Crippen LogP contribution in [0.2, 0.25) is 0 Å². The predicted molar refractivity (Wildman–Crippen MR) is 73.4 cm³/mol. The highest BCUT2D eigenvalue weighted by atomic mass is 35.5. The van der Waals surface area contributed by atoms with Crippen LogP contribution in [-0.4, -0.2) is 27.4 Å². The Bertz CT molecular complexity index is 153. The molecule has 0 rings (SSSR count). The largest absolute Gasteiger partial charge is 0.125 e. The SMILES string of the molecule is CCCCCC(Cl)C(Cl)C(Cl)C(Cl)CCl. The fourth-order valence-corrected chi connectivity index (χ4v) is 2.70. The van der Waals surface area contributed by atoms with E-state index in [-0.39, 0.29) is 27.4 Å². The van der Waals surface area contributed by atoms with Crippen molar-refractivity contribution in [1.29, 1.82) is 0 Å². The zero-order valence-corrected chi connectivity index (χ0v) is 12.5. The Labute approximate surface area is 118 Å². The lowest BCUT2D eigenvalue weighted by Crippen LogP contribution is -2.33. The van der Waals surface area contributed by atoms with E-state index < -0.39 is 0 Å². The van der Waals surface area contributed by atoms with Crippen LogP contribution >= 0.6 is 58.0 Å². The highest BCUT2D eigenvalue weighted by Gasteiger charge is 2.29. The van der Waals surface area contributed by atoms with Gasteiger partial charge in [-0.1, -0.05) is 26.2 Å². The van der Waals surface area contributed by atoms with Crippen LogP contribution in [0.5, 0.6) is 0 Å². The monoisotopic (exact) mass is 312 g/mol. The summed E-state index contributed by atoms with van der Waals surface area (Å²) in [6.45, 7) is 2.15. The van der Waals surface area contributed by atoms with Crippen molar-refractivity contribution >= 4 is 58.0 Å². The van der Waals surface area contributed by atoms with Crippen LogP contribution in [0, 0.1) is 0 Å². The Morgan fingerprint density at radius 3 is 1.87 bits per heavy atom. The van der Waals surface area contributed by atoms with Gasteiger partial charge < -0.3 is 0 Å². The Hall–Kier alpha value is 1.45. The standard InChI is InChI=1S/C10H17Cl5/c1-2-3-4-5-7(12)9(14)10(15)8(13)6-11/h7-10H,2-6H2,1H3. The Balaban J connectivity index is 3.90. The maximum atomic E-state index is 6.14. The number of alkyl halides is 5. The van der Waals surface area contributed by atoms with E-state index in [1.165, 1.54) is 12.8 Å². The van der Waals surface area contributed by atoms with Gasteiger partial charge in [0.2, 0.25) is 0 Å². The second-order valence-electron chi connectivity index (χ2n) is 3.57. The average molecular weight is 315 g/mol. The summed E-state index contributed by atoms with van der Waals surface area (Å²) in [6, 6.07) is 0. The topological polar surface area (TPSA) is 0 Å². The molecule has 0 saturated heterocycles. The number of hydrogen-bond acceptors (Lipinski definition) is 0. The van der Waals surface area contributed by atoms with Crippen molar-refractivity contribution in [2.75, 3.05) is 5.88 Å². The molecule has 0 amide bonds. The fourth-order valence-electron chi connectivity index (χ4n) is 1.23. The van der Waals surface area contributed by atoms with E-state index in [9.17, 15) is 0 Å². The third-order valence-electron chi connectivity index (χ3n) is 2.23. The highest BCUT2D eigenvalue weighted by molar-refractivity contribution is 6.39. The Morgan fingerprint density at radius 1 is 0.867 bits per heavy atom. The zero-order chi connectivity index (χ0) is 11.8. The molecule has 5 heteroatoms. The minimum Gasteiger partial charge on any atom is -0.125 e.